The highest BCUT2D eigenvalue weighted by atomic mass is 14.3. The van der Waals surface area contributed by atoms with Crippen molar-refractivity contribution in [2.75, 3.05) is 0 Å². The molecule has 0 heteroatoms. The predicted octanol–water partition coefficient (Wildman–Crippen LogP) is 10.2. The molecule has 0 bridgehead atoms. The van der Waals surface area contributed by atoms with Crippen molar-refractivity contribution in [3.8, 4) is 0 Å². The first-order chi connectivity index (χ1) is 13.9. The monoisotopic (exact) mass is 388 g/mol. The minimum absolute atomic E-state index is 0.996. The van der Waals surface area contributed by atoms with E-state index in [1.165, 1.54) is 148 Å². The maximum absolute atomic E-state index is 2.61. The number of allylic oxidation sites excluding steroid dienone is 2. The van der Waals surface area contributed by atoms with Crippen LogP contribution in [0.2, 0.25) is 0 Å². The van der Waals surface area contributed by atoms with E-state index in [2.05, 4.69) is 13.0 Å². The molecule has 2 aliphatic rings. The molecule has 164 valence electrons. The van der Waals surface area contributed by atoms with Gasteiger partial charge in [0.15, 0.2) is 0 Å². The van der Waals surface area contributed by atoms with Crippen molar-refractivity contribution in [3.05, 3.63) is 11.6 Å². The lowest BCUT2D eigenvalue weighted by atomic mass is 9.72. The highest BCUT2D eigenvalue weighted by molar-refractivity contribution is 5.13. The van der Waals surface area contributed by atoms with Crippen molar-refractivity contribution in [1.29, 1.82) is 0 Å². The van der Waals surface area contributed by atoms with E-state index in [9.17, 15) is 0 Å². The summed E-state index contributed by atoms with van der Waals surface area (Å²) in [6.07, 6.45) is 36.6. The lowest BCUT2D eigenvalue weighted by Gasteiger charge is -2.33. The Balaban J connectivity index is 1.28. The number of rotatable bonds is 17. The molecule has 0 nitrogen and oxygen atoms in total. The molecule has 0 amide bonds. The Morgan fingerprint density at radius 1 is 0.643 bits per heavy atom. The third-order valence-corrected chi connectivity index (χ3v) is 7.60. The Bertz CT molecular complexity index is 379. The number of hydrogen-bond donors (Lipinski definition) is 0. The van der Waals surface area contributed by atoms with Gasteiger partial charge in [0.05, 0.1) is 0 Å². The molecule has 0 N–H and O–H groups in total. The minimum Gasteiger partial charge on any atom is -0.0850 e. The SMILES string of the molecule is CCCCCCCCCCCCCCCCCCC1CCC2CCCC=C2C1. The van der Waals surface area contributed by atoms with E-state index in [1.807, 2.05) is 5.57 Å². The number of fused-ring (bicyclic) bond motifs is 1. The normalized spacial score (nSPS) is 22.1. The molecule has 0 radical (unpaired) electrons. The van der Waals surface area contributed by atoms with Crippen LogP contribution in [-0.4, -0.2) is 0 Å². The van der Waals surface area contributed by atoms with Crippen LogP contribution in [0.25, 0.3) is 0 Å². The molecule has 0 aliphatic heterocycles. The van der Waals surface area contributed by atoms with Gasteiger partial charge in [-0.15, -0.1) is 0 Å². The molecule has 1 fully saturated rings. The van der Waals surface area contributed by atoms with E-state index in [0.717, 1.165) is 11.8 Å². The van der Waals surface area contributed by atoms with Crippen LogP contribution in [-0.2, 0) is 0 Å². The van der Waals surface area contributed by atoms with Gasteiger partial charge in [-0.3, -0.25) is 0 Å². The Kier molecular flexibility index (Phi) is 14.2. The van der Waals surface area contributed by atoms with E-state index >= 15 is 0 Å². The average Bonchev–Trinajstić information content (AvgIpc) is 2.73. The molecule has 2 atom stereocenters. The van der Waals surface area contributed by atoms with Crippen LogP contribution in [0.5, 0.6) is 0 Å². The zero-order chi connectivity index (χ0) is 19.7. The molecule has 0 heterocycles. The fraction of sp³-hybridized carbons (Fsp3) is 0.929. The Hall–Kier alpha value is -0.260. The molecular formula is C28H52. The summed E-state index contributed by atoms with van der Waals surface area (Å²) >= 11 is 0. The minimum atomic E-state index is 0.996. The van der Waals surface area contributed by atoms with Crippen molar-refractivity contribution in [2.45, 2.75) is 155 Å². The third kappa shape index (κ3) is 11.1. The number of unbranched alkanes of at least 4 members (excludes halogenated alkanes) is 15. The van der Waals surface area contributed by atoms with Gasteiger partial charge in [-0.1, -0.05) is 128 Å². The van der Waals surface area contributed by atoms with E-state index in [-0.39, 0.29) is 0 Å². The average molecular weight is 389 g/mol. The summed E-state index contributed by atoms with van der Waals surface area (Å²) < 4.78 is 0. The summed E-state index contributed by atoms with van der Waals surface area (Å²) in [5.74, 6) is 2.03. The quantitative estimate of drug-likeness (QED) is 0.172. The van der Waals surface area contributed by atoms with E-state index < -0.39 is 0 Å². The Labute approximate surface area is 178 Å². The largest absolute Gasteiger partial charge is 0.0850 e. The molecule has 28 heavy (non-hydrogen) atoms. The van der Waals surface area contributed by atoms with E-state index in [1.54, 1.807) is 0 Å². The van der Waals surface area contributed by atoms with Crippen LogP contribution in [0.15, 0.2) is 11.6 Å². The van der Waals surface area contributed by atoms with Crippen LogP contribution in [0.1, 0.15) is 155 Å². The second-order valence-electron chi connectivity index (χ2n) is 10.1. The summed E-state index contributed by atoms with van der Waals surface area (Å²) in [5, 5.41) is 0. The van der Waals surface area contributed by atoms with Crippen LogP contribution in [0.3, 0.4) is 0 Å². The maximum atomic E-state index is 2.61. The molecule has 2 rings (SSSR count). The maximum Gasteiger partial charge on any atom is -0.0203 e. The number of hydrogen-bond acceptors (Lipinski definition) is 0. The van der Waals surface area contributed by atoms with Gasteiger partial charge < -0.3 is 0 Å². The second kappa shape index (κ2) is 16.5. The summed E-state index contributed by atoms with van der Waals surface area (Å²) in [4.78, 5) is 0. The molecular weight excluding hydrogens is 336 g/mol. The van der Waals surface area contributed by atoms with E-state index in [0.29, 0.717) is 0 Å². The summed E-state index contributed by atoms with van der Waals surface area (Å²) in [7, 11) is 0. The summed E-state index contributed by atoms with van der Waals surface area (Å²) in [5.41, 5.74) is 1.86. The zero-order valence-electron chi connectivity index (χ0n) is 19.5. The van der Waals surface area contributed by atoms with E-state index in [4.69, 9.17) is 0 Å². The van der Waals surface area contributed by atoms with Gasteiger partial charge in [-0.25, -0.2) is 0 Å². The molecule has 2 aliphatic carbocycles. The molecule has 1 saturated carbocycles. The van der Waals surface area contributed by atoms with Gasteiger partial charge in [-0.2, -0.15) is 0 Å². The standard InChI is InChI=1S/C28H52/c1-2-3-4-5-6-7-8-9-10-11-12-13-14-15-16-17-20-26-23-24-27-21-18-19-22-28(27)25-26/h22,26-27H,2-21,23-25H2,1H3. The predicted molar refractivity (Wildman–Crippen MR) is 127 cm³/mol. The zero-order valence-corrected chi connectivity index (χ0v) is 19.5. The van der Waals surface area contributed by atoms with Crippen LogP contribution in [0.4, 0.5) is 0 Å². The molecule has 0 spiro atoms. The third-order valence-electron chi connectivity index (χ3n) is 7.60. The lowest BCUT2D eigenvalue weighted by Crippen LogP contribution is -2.19. The van der Waals surface area contributed by atoms with Gasteiger partial charge in [-0.05, 0) is 50.4 Å². The Morgan fingerprint density at radius 2 is 1.18 bits per heavy atom. The second-order valence-corrected chi connectivity index (χ2v) is 10.1. The summed E-state index contributed by atoms with van der Waals surface area (Å²) in [6.45, 7) is 2.31. The first-order valence-electron chi connectivity index (χ1n) is 13.6. The van der Waals surface area contributed by atoms with Crippen LogP contribution >= 0.6 is 0 Å². The van der Waals surface area contributed by atoms with Crippen molar-refractivity contribution >= 4 is 0 Å². The van der Waals surface area contributed by atoms with Gasteiger partial charge in [0.1, 0.15) is 0 Å². The highest BCUT2D eigenvalue weighted by Gasteiger charge is 2.26. The van der Waals surface area contributed by atoms with Crippen LogP contribution < -0.4 is 0 Å². The van der Waals surface area contributed by atoms with Gasteiger partial charge in [0, 0.05) is 0 Å². The molecule has 0 aromatic rings. The molecule has 2 unspecified atom stereocenters. The Morgan fingerprint density at radius 3 is 1.75 bits per heavy atom. The first kappa shape index (κ1) is 24.0. The first-order valence-corrected chi connectivity index (χ1v) is 13.6. The summed E-state index contributed by atoms with van der Waals surface area (Å²) in [6, 6.07) is 0. The van der Waals surface area contributed by atoms with Crippen molar-refractivity contribution in [3.63, 3.8) is 0 Å². The van der Waals surface area contributed by atoms with Gasteiger partial charge in [0.25, 0.3) is 0 Å². The van der Waals surface area contributed by atoms with Crippen molar-refractivity contribution < 1.29 is 0 Å². The van der Waals surface area contributed by atoms with Gasteiger partial charge in [0.2, 0.25) is 0 Å². The van der Waals surface area contributed by atoms with Gasteiger partial charge >= 0.3 is 0 Å². The molecule has 0 aromatic carbocycles. The molecule has 0 saturated heterocycles. The smallest absolute Gasteiger partial charge is 0.0203 e. The van der Waals surface area contributed by atoms with Crippen LogP contribution in [0, 0.1) is 11.8 Å². The fourth-order valence-corrected chi connectivity index (χ4v) is 5.68. The van der Waals surface area contributed by atoms with Crippen molar-refractivity contribution in [2.24, 2.45) is 11.8 Å². The molecule has 0 aromatic heterocycles. The van der Waals surface area contributed by atoms with Crippen molar-refractivity contribution in [1.82, 2.24) is 0 Å². The topological polar surface area (TPSA) is 0 Å². The lowest BCUT2D eigenvalue weighted by molar-refractivity contribution is 0.302. The fourth-order valence-electron chi connectivity index (χ4n) is 5.68. The highest BCUT2D eigenvalue weighted by Crippen LogP contribution is 2.40.